The lowest BCUT2D eigenvalue weighted by Crippen LogP contribution is -2.26. The molecule has 0 fully saturated rings. The molecule has 0 aliphatic heterocycles. The van der Waals surface area contributed by atoms with Gasteiger partial charge in [-0.3, -0.25) is 9.69 Å². The highest BCUT2D eigenvalue weighted by Crippen LogP contribution is 2.26. The van der Waals surface area contributed by atoms with Gasteiger partial charge in [-0.25, -0.2) is 0 Å². The highest BCUT2D eigenvalue weighted by Gasteiger charge is 2.24. The van der Waals surface area contributed by atoms with Gasteiger partial charge in [0, 0.05) is 5.39 Å². The molecule has 20 heavy (non-hydrogen) atoms. The number of nitrogens with zero attached hydrogens (tertiary/aromatic N) is 2. The number of carbonyl (C=O) groups is 1. The third-order valence-electron chi connectivity index (χ3n) is 2.57. The van der Waals surface area contributed by atoms with Gasteiger partial charge < -0.3 is 4.52 Å². The first kappa shape index (κ1) is 18.3. The second kappa shape index (κ2) is 9.26. The Labute approximate surface area is 121 Å². The lowest BCUT2D eigenvalue weighted by atomic mass is 10.1. The van der Waals surface area contributed by atoms with Crippen LogP contribution in [0.25, 0.3) is 11.0 Å². The van der Waals surface area contributed by atoms with Crippen LogP contribution in [0.2, 0.25) is 0 Å². The van der Waals surface area contributed by atoms with Crippen molar-refractivity contribution >= 4 is 16.8 Å². The van der Waals surface area contributed by atoms with Gasteiger partial charge in [0.1, 0.15) is 11.7 Å². The van der Waals surface area contributed by atoms with Crippen LogP contribution < -0.4 is 0 Å². The fourth-order valence-electron chi connectivity index (χ4n) is 1.90. The average molecular weight is 278 g/mol. The van der Waals surface area contributed by atoms with Crippen molar-refractivity contribution in [1.29, 1.82) is 0 Å². The van der Waals surface area contributed by atoms with Crippen LogP contribution in [0.5, 0.6) is 0 Å². The van der Waals surface area contributed by atoms with Gasteiger partial charge in [0.15, 0.2) is 11.4 Å². The van der Waals surface area contributed by atoms with E-state index in [1.54, 1.807) is 6.92 Å². The number of aromatic nitrogens is 1. The van der Waals surface area contributed by atoms with E-state index in [-0.39, 0.29) is 11.8 Å². The summed E-state index contributed by atoms with van der Waals surface area (Å²) >= 11 is 0. The van der Waals surface area contributed by atoms with Gasteiger partial charge in [-0.2, -0.15) is 0 Å². The van der Waals surface area contributed by atoms with E-state index in [4.69, 9.17) is 4.52 Å². The van der Waals surface area contributed by atoms with Gasteiger partial charge in [0.25, 0.3) is 0 Å². The van der Waals surface area contributed by atoms with Crippen molar-refractivity contribution in [2.75, 3.05) is 14.1 Å². The van der Waals surface area contributed by atoms with Gasteiger partial charge in [0.2, 0.25) is 0 Å². The molecule has 0 saturated carbocycles. The van der Waals surface area contributed by atoms with Gasteiger partial charge in [0.05, 0.1) is 0 Å². The fourth-order valence-corrected chi connectivity index (χ4v) is 1.90. The summed E-state index contributed by atoms with van der Waals surface area (Å²) in [5.41, 5.74) is 1.40. The number of carbonyl (C=O) groups excluding carboxylic acids is 1. The second-order valence-corrected chi connectivity index (χ2v) is 4.04. The van der Waals surface area contributed by atoms with Crippen molar-refractivity contribution in [3.05, 3.63) is 30.0 Å². The molecule has 1 aromatic heterocycles. The van der Waals surface area contributed by atoms with E-state index in [1.165, 1.54) is 0 Å². The Morgan fingerprint density at radius 1 is 1.15 bits per heavy atom. The van der Waals surface area contributed by atoms with Gasteiger partial charge >= 0.3 is 0 Å². The van der Waals surface area contributed by atoms with Crippen molar-refractivity contribution < 1.29 is 9.32 Å². The molecular weight excluding hydrogens is 252 g/mol. The Hall–Kier alpha value is -1.68. The Bertz CT molecular complexity index is 518. The maximum absolute atomic E-state index is 11.6. The molecule has 2 rings (SSSR count). The van der Waals surface area contributed by atoms with E-state index in [9.17, 15) is 4.79 Å². The molecule has 0 saturated heterocycles. The summed E-state index contributed by atoms with van der Waals surface area (Å²) in [7, 11) is 3.71. The van der Waals surface area contributed by atoms with E-state index in [1.807, 2.05) is 71.0 Å². The molecule has 0 spiro atoms. The Morgan fingerprint density at radius 2 is 1.70 bits per heavy atom. The van der Waals surface area contributed by atoms with Gasteiger partial charge in [-0.15, -0.1) is 0 Å². The van der Waals surface area contributed by atoms with Gasteiger partial charge in [-0.05, 0) is 33.2 Å². The molecule has 4 nitrogen and oxygen atoms in total. The summed E-state index contributed by atoms with van der Waals surface area (Å²) in [5.74, 6) is 0.0593. The molecule has 0 amide bonds. The van der Waals surface area contributed by atoms with Crippen LogP contribution in [0, 0.1) is 0 Å². The van der Waals surface area contributed by atoms with Crippen LogP contribution in [0.1, 0.15) is 46.4 Å². The molecule has 0 bridgehead atoms. The van der Waals surface area contributed by atoms with E-state index in [0.717, 1.165) is 5.39 Å². The molecule has 0 aliphatic rings. The average Bonchev–Trinajstić information content (AvgIpc) is 2.87. The summed E-state index contributed by atoms with van der Waals surface area (Å²) in [6, 6.07) is 7.22. The van der Waals surface area contributed by atoms with E-state index in [2.05, 4.69) is 5.16 Å². The van der Waals surface area contributed by atoms with Crippen molar-refractivity contribution in [2.45, 2.75) is 40.7 Å². The molecule has 0 N–H and O–H groups in total. The van der Waals surface area contributed by atoms with Crippen molar-refractivity contribution in [1.82, 2.24) is 10.1 Å². The molecule has 4 heteroatoms. The molecule has 1 atom stereocenters. The number of benzene rings is 1. The third-order valence-corrected chi connectivity index (χ3v) is 2.57. The molecule has 1 aromatic carbocycles. The van der Waals surface area contributed by atoms with Crippen molar-refractivity contribution in [3.63, 3.8) is 0 Å². The number of ketones is 1. The first-order valence-electron chi connectivity index (χ1n) is 7.12. The van der Waals surface area contributed by atoms with Crippen LogP contribution in [0.15, 0.2) is 28.8 Å². The fraction of sp³-hybridized carbons (Fsp3) is 0.500. The zero-order chi connectivity index (χ0) is 15.7. The number of likely N-dealkylation sites (N-methyl/N-ethyl adjacent to an activating group) is 1. The Morgan fingerprint density at radius 3 is 2.20 bits per heavy atom. The molecule has 112 valence electrons. The van der Waals surface area contributed by atoms with Crippen molar-refractivity contribution in [2.24, 2.45) is 0 Å². The zero-order valence-corrected chi connectivity index (χ0v) is 13.6. The minimum Gasteiger partial charge on any atom is -0.356 e. The second-order valence-electron chi connectivity index (χ2n) is 4.04. The van der Waals surface area contributed by atoms with Crippen molar-refractivity contribution in [3.8, 4) is 0 Å². The minimum atomic E-state index is -0.344. The number of rotatable bonds is 3. The standard InChI is InChI=1S/C12H14N2O2.2C2H6/c1-8(15)12(14(2)3)11-9-6-4-5-7-10(9)16-13-11;2*1-2/h4-7,12H,1-3H3;2*1-2H3. The predicted octanol–water partition coefficient (Wildman–Crippen LogP) is 4.07. The van der Waals surface area contributed by atoms with E-state index >= 15 is 0 Å². The van der Waals surface area contributed by atoms with Crippen LogP contribution in [-0.4, -0.2) is 29.9 Å². The van der Waals surface area contributed by atoms with Crippen LogP contribution >= 0.6 is 0 Å². The lowest BCUT2D eigenvalue weighted by molar-refractivity contribution is -0.121. The molecule has 1 unspecified atom stereocenters. The normalized spacial score (nSPS) is 11.2. The highest BCUT2D eigenvalue weighted by molar-refractivity contribution is 5.89. The third kappa shape index (κ3) is 4.17. The monoisotopic (exact) mass is 278 g/mol. The summed E-state index contributed by atoms with van der Waals surface area (Å²) in [4.78, 5) is 13.4. The maximum atomic E-state index is 11.6. The molecule has 0 radical (unpaired) electrons. The Kier molecular flexibility index (Phi) is 8.48. The van der Waals surface area contributed by atoms with E-state index < -0.39 is 0 Å². The Balaban J connectivity index is 0.000000829. The number of Topliss-reactive ketones (excluding diaryl/α,β-unsaturated/α-hetero) is 1. The quantitative estimate of drug-likeness (QED) is 0.849. The summed E-state index contributed by atoms with van der Waals surface area (Å²) in [5, 5.41) is 4.90. The van der Waals surface area contributed by atoms with E-state index in [0.29, 0.717) is 11.3 Å². The number of para-hydroxylation sites is 1. The molecule has 0 aliphatic carbocycles. The number of fused-ring (bicyclic) bond motifs is 1. The molecule has 2 aromatic rings. The zero-order valence-electron chi connectivity index (χ0n) is 13.6. The summed E-state index contributed by atoms with van der Waals surface area (Å²) in [6.07, 6.45) is 0. The molecule has 1 heterocycles. The van der Waals surface area contributed by atoms with Gasteiger partial charge in [-0.1, -0.05) is 45.0 Å². The van der Waals surface area contributed by atoms with Crippen LogP contribution in [-0.2, 0) is 4.79 Å². The number of hydrogen-bond acceptors (Lipinski definition) is 4. The summed E-state index contributed by atoms with van der Waals surface area (Å²) < 4.78 is 5.20. The largest absolute Gasteiger partial charge is 0.356 e. The molecular formula is C16H26N2O2. The smallest absolute Gasteiger partial charge is 0.167 e. The summed E-state index contributed by atoms with van der Waals surface area (Å²) in [6.45, 7) is 9.56. The lowest BCUT2D eigenvalue weighted by Gasteiger charge is -2.19. The first-order chi connectivity index (χ1) is 9.61. The van der Waals surface area contributed by atoms with Crippen LogP contribution in [0.3, 0.4) is 0 Å². The highest BCUT2D eigenvalue weighted by atomic mass is 16.5. The minimum absolute atomic E-state index is 0.0593. The predicted molar refractivity (Wildman–Crippen MR) is 83.8 cm³/mol. The topological polar surface area (TPSA) is 46.3 Å². The van der Waals surface area contributed by atoms with Crippen LogP contribution in [0.4, 0.5) is 0 Å². The first-order valence-corrected chi connectivity index (χ1v) is 7.12. The maximum Gasteiger partial charge on any atom is 0.167 e. The number of hydrogen-bond donors (Lipinski definition) is 0. The SMILES string of the molecule is CC.CC.CC(=O)C(c1noc2ccccc12)N(C)C.